The van der Waals surface area contributed by atoms with E-state index in [4.69, 9.17) is 9.26 Å². The number of benzene rings is 1. The highest BCUT2D eigenvalue weighted by atomic mass is 16.5. The normalized spacial score (nSPS) is 22.2. The summed E-state index contributed by atoms with van der Waals surface area (Å²) >= 11 is 0. The molecule has 1 saturated carbocycles. The predicted octanol–water partition coefficient (Wildman–Crippen LogP) is 2.38. The topological polar surface area (TPSA) is 104 Å². The molecular formula is C20H21N3O5. The molecular weight excluding hydrogens is 362 g/mol. The van der Waals surface area contributed by atoms with Crippen LogP contribution in [0.4, 0.5) is 0 Å². The lowest BCUT2D eigenvalue weighted by molar-refractivity contribution is 0.0600. The third kappa shape index (κ3) is 3.90. The Hall–Kier alpha value is -3.16. The number of aromatic nitrogens is 2. The van der Waals surface area contributed by atoms with Gasteiger partial charge in [-0.1, -0.05) is 17.3 Å². The molecule has 4 rings (SSSR count). The highest BCUT2D eigenvalue weighted by molar-refractivity contribution is 5.89. The van der Waals surface area contributed by atoms with Gasteiger partial charge in [0.05, 0.1) is 12.7 Å². The molecule has 2 aliphatic rings. The summed E-state index contributed by atoms with van der Waals surface area (Å²) in [7, 11) is 1.32. The Labute approximate surface area is 161 Å². The fourth-order valence-electron chi connectivity index (χ4n) is 3.79. The lowest BCUT2D eigenvalue weighted by atomic mass is 9.94. The van der Waals surface area contributed by atoms with Crippen LogP contribution in [-0.2, 0) is 11.3 Å². The average Bonchev–Trinajstić information content (AvgIpc) is 3.47. The van der Waals surface area contributed by atoms with E-state index in [2.05, 4.69) is 32.3 Å². The van der Waals surface area contributed by atoms with Crippen molar-refractivity contribution < 1.29 is 23.6 Å². The van der Waals surface area contributed by atoms with Gasteiger partial charge in [-0.3, -0.25) is 4.79 Å². The van der Waals surface area contributed by atoms with Gasteiger partial charge in [-0.15, -0.1) is 0 Å². The van der Waals surface area contributed by atoms with Crippen molar-refractivity contribution in [3.63, 3.8) is 0 Å². The second kappa shape index (κ2) is 7.84. The third-order valence-electron chi connectivity index (χ3n) is 5.25. The molecule has 146 valence electrons. The van der Waals surface area contributed by atoms with Crippen molar-refractivity contribution in [2.75, 3.05) is 13.7 Å². The first-order chi connectivity index (χ1) is 13.6. The SMILES string of the molecule is COC(=O)c1ccc(OCc2noc(C(=O)NCC3CC4C=CC3C4)n2)cc1. The highest BCUT2D eigenvalue weighted by Crippen LogP contribution is 2.42. The number of esters is 1. The molecule has 0 spiro atoms. The molecule has 3 atom stereocenters. The molecule has 2 bridgehead atoms. The van der Waals surface area contributed by atoms with Crippen molar-refractivity contribution in [2.24, 2.45) is 17.8 Å². The van der Waals surface area contributed by atoms with Gasteiger partial charge in [0, 0.05) is 6.54 Å². The van der Waals surface area contributed by atoms with Crippen LogP contribution in [0, 0.1) is 17.8 Å². The lowest BCUT2D eigenvalue weighted by Crippen LogP contribution is -2.31. The maximum atomic E-state index is 12.2. The summed E-state index contributed by atoms with van der Waals surface area (Å²) in [5.41, 5.74) is 0.430. The number of rotatable bonds is 7. The van der Waals surface area contributed by atoms with Crippen molar-refractivity contribution in [3.05, 3.63) is 53.7 Å². The van der Waals surface area contributed by atoms with Crippen molar-refractivity contribution in [2.45, 2.75) is 19.4 Å². The minimum absolute atomic E-state index is 0.0471. The number of amides is 1. The maximum absolute atomic E-state index is 12.2. The summed E-state index contributed by atoms with van der Waals surface area (Å²) in [6.07, 6.45) is 6.85. The Kier molecular flexibility index (Phi) is 5.10. The molecule has 2 aliphatic carbocycles. The summed E-state index contributed by atoms with van der Waals surface area (Å²) in [5.74, 6) is 1.67. The van der Waals surface area contributed by atoms with Gasteiger partial charge < -0.3 is 19.3 Å². The molecule has 2 aromatic rings. The second-order valence-corrected chi connectivity index (χ2v) is 7.07. The Bertz CT molecular complexity index is 890. The molecule has 8 heteroatoms. The van der Waals surface area contributed by atoms with Crippen LogP contribution in [0.2, 0.25) is 0 Å². The van der Waals surface area contributed by atoms with Crippen LogP contribution in [-0.4, -0.2) is 35.7 Å². The molecule has 28 heavy (non-hydrogen) atoms. The van der Waals surface area contributed by atoms with E-state index in [1.54, 1.807) is 24.3 Å². The van der Waals surface area contributed by atoms with E-state index in [1.807, 2.05) is 0 Å². The summed E-state index contributed by atoms with van der Waals surface area (Å²) < 4.78 is 15.2. The molecule has 1 amide bonds. The zero-order valence-corrected chi connectivity index (χ0v) is 15.5. The number of ether oxygens (including phenoxy) is 2. The molecule has 1 N–H and O–H groups in total. The maximum Gasteiger partial charge on any atom is 0.337 e. The van der Waals surface area contributed by atoms with Gasteiger partial charge in [-0.05, 0) is 54.9 Å². The van der Waals surface area contributed by atoms with Gasteiger partial charge in [0.1, 0.15) is 5.75 Å². The summed E-state index contributed by atoms with van der Waals surface area (Å²) in [6, 6.07) is 6.48. The van der Waals surface area contributed by atoms with Crippen molar-refractivity contribution in [1.29, 1.82) is 0 Å². The molecule has 0 saturated heterocycles. The molecule has 1 heterocycles. The zero-order chi connectivity index (χ0) is 19.5. The Morgan fingerprint density at radius 1 is 1.21 bits per heavy atom. The smallest absolute Gasteiger partial charge is 0.337 e. The molecule has 1 aromatic heterocycles. The predicted molar refractivity (Wildman–Crippen MR) is 97.6 cm³/mol. The first-order valence-corrected chi connectivity index (χ1v) is 9.22. The number of carbonyl (C=O) groups excluding carboxylic acids is 2. The fourth-order valence-corrected chi connectivity index (χ4v) is 3.79. The van der Waals surface area contributed by atoms with Crippen LogP contribution in [0.15, 0.2) is 40.9 Å². The van der Waals surface area contributed by atoms with Crippen LogP contribution >= 0.6 is 0 Å². The summed E-state index contributed by atoms with van der Waals surface area (Å²) in [4.78, 5) is 27.7. The van der Waals surface area contributed by atoms with Crippen LogP contribution in [0.3, 0.4) is 0 Å². The third-order valence-corrected chi connectivity index (χ3v) is 5.25. The first kappa shape index (κ1) is 18.2. The van der Waals surface area contributed by atoms with E-state index in [-0.39, 0.29) is 24.2 Å². The lowest BCUT2D eigenvalue weighted by Gasteiger charge is -2.17. The number of hydrogen-bond donors (Lipinski definition) is 1. The first-order valence-electron chi connectivity index (χ1n) is 9.22. The number of nitrogens with zero attached hydrogens (tertiary/aromatic N) is 2. The second-order valence-electron chi connectivity index (χ2n) is 7.07. The van der Waals surface area contributed by atoms with Crippen LogP contribution in [0.5, 0.6) is 5.75 Å². The van der Waals surface area contributed by atoms with E-state index in [1.165, 1.54) is 13.5 Å². The molecule has 1 aromatic carbocycles. The van der Waals surface area contributed by atoms with Crippen LogP contribution in [0.25, 0.3) is 0 Å². The van der Waals surface area contributed by atoms with Crippen molar-refractivity contribution in [3.8, 4) is 5.75 Å². The number of nitrogens with one attached hydrogen (secondary N) is 1. The fraction of sp³-hybridized carbons (Fsp3) is 0.400. The van der Waals surface area contributed by atoms with Gasteiger partial charge in [-0.25, -0.2) is 4.79 Å². The van der Waals surface area contributed by atoms with Gasteiger partial charge in [0.2, 0.25) is 5.82 Å². The largest absolute Gasteiger partial charge is 0.485 e. The number of fused-ring (bicyclic) bond motifs is 2. The van der Waals surface area contributed by atoms with E-state index < -0.39 is 5.97 Å². The van der Waals surface area contributed by atoms with E-state index >= 15 is 0 Å². The Morgan fingerprint density at radius 3 is 2.71 bits per heavy atom. The number of hydrogen-bond acceptors (Lipinski definition) is 7. The number of methoxy groups -OCH3 is 1. The molecule has 0 aliphatic heterocycles. The minimum atomic E-state index is -0.415. The molecule has 8 nitrogen and oxygen atoms in total. The van der Waals surface area contributed by atoms with E-state index in [0.29, 0.717) is 35.6 Å². The molecule has 3 unspecified atom stereocenters. The standard InChI is InChI=1S/C20H21N3O5/c1-26-20(25)13-4-6-16(7-5-13)27-11-17-22-19(28-23-17)18(24)21-10-15-9-12-2-3-14(15)8-12/h2-7,12,14-15H,8-11H2,1H3,(H,21,24). The Morgan fingerprint density at radius 2 is 2.04 bits per heavy atom. The van der Waals surface area contributed by atoms with Gasteiger partial charge in [0.25, 0.3) is 0 Å². The minimum Gasteiger partial charge on any atom is -0.485 e. The summed E-state index contributed by atoms with van der Waals surface area (Å²) in [6.45, 7) is 0.663. The van der Waals surface area contributed by atoms with Gasteiger partial charge >= 0.3 is 17.8 Å². The van der Waals surface area contributed by atoms with E-state index in [9.17, 15) is 9.59 Å². The average molecular weight is 383 g/mol. The van der Waals surface area contributed by atoms with Crippen molar-refractivity contribution in [1.82, 2.24) is 15.5 Å². The van der Waals surface area contributed by atoms with Gasteiger partial charge in [0.15, 0.2) is 6.61 Å². The highest BCUT2D eigenvalue weighted by Gasteiger charge is 2.35. The van der Waals surface area contributed by atoms with Crippen LogP contribution in [0.1, 0.15) is 39.7 Å². The van der Waals surface area contributed by atoms with Gasteiger partial charge in [-0.2, -0.15) is 4.98 Å². The number of carbonyl (C=O) groups is 2. The quantitative estimate of drug-likeness (QED) is 0.578. The van der Waals surface area contributed by atoms with Crippen LogP contribution < -0.4 is 10.1 Å². The molecule has 1 fully saturated rings. The zero-order valence-electron chi connectivity index (χ0n) is 15.5. The summed E-state index contributed by atoms with van der Waals surface area (Å²) in [5, 5.41) is 6.65. The number of allylic oxidation sites excluding steroid dienone is 2. The Balaban J connectivity index is 1.26. The molecule has 0 radical (unpaired) electrons. The van der Waals surface area contributed by atoms with Crippen molar-refractivity contribution >= 4 is 11.9 Å². The monoisotopic (exact) mass is 383 g/mol. The van der Waals surface area contributed by atoms with E-state index in [0.717, 1.165) is 6.42 Å².